The molecule has 2 saturated heterocycles. The van der Waals surface area contributed by atoms with Gasteiger partial charge >= 0.3 is 0 Å². The molecule has 3 aliphatic heterocycles. The molecule has 0 saturated carbocycles. The van der Waals surface area contributed by atoms with Crippen LogP contribution in [-0.2, 0) is 16.1 Å². The number of carbonyl (C=O) groups excluding carboxylic acids is 3. The van der Waals surface area contributed by atoms with E-state index >= 15 is 0 Å². The van der Waals surface area contributed by atoms with Gasteiger partial charge in [-0.2, -0.15) is 0 Å². The Kier molecular flexibility index (Phi) is 4.55. The monoisotopic (exact) mass is 415 g/mol. The molecule has 0 bridgehead atoms. The molecule has 3 amide bonds. The Hall–Kier alpha value is -2.17. The molecule has 1 aromatic rings. The minimum atomic E-state index is -0.592. The Bertz CT molecular complexity index is 851. The minimum Gasteiger partial charge on any atom is -0.322 e. The summed E-state index contributed by atoms with van der Waals surface area (Å²) >= 11 is 3.55. The van der Waals surface area contributed by atoms with Gasteiger partial charge < -0.3 is 4.90 Å². The third-order valence-electron chi connectivity index (χ3n) is 5.02. The molecule has 4 rings (SSSR count). The fraction of sp³-hybridized carbons (Fsp3) is 0.421. The van der Waals surface area contributed by atoms with E-state index in [2.05, 4.69) is 38.0 Å². The van der Waals surface area contributed by atoms with Crippen LogP contribution >= 0.6 is 15.9 Å². The molecular formula is C19H18BrN3O3. The number of rotatable bonds is 2. The van der Waals surface area contributed by atoms with Gasteiger partial charge in [0, 0.05) is 42.0 Å². The van der Waals surface area contributed by atoms with Crippen LogP contribution in [0, 0.1) is 11.8 Å². The smallest absolute Gasteiger partial charge is 0.255 e. The molecule has 0 spiro atoms. The summed E-state index contributed by atoms with van der Waals surface area (Å²) in [5.74, 6) is 5.53. The predicted molar refractivity (Wildman–Crippen MR) is 98.5 cm³/mol. The number of nitrogens with one attached hydrogen (secondary N) is 1. The number of nitrogens with zero attached hydrogens (tertiary/aromatic N) is 2. The highest BCUT2D eigenvalue weighted by Gasteiger charge is 2.39. The van der Waals surface area contributed by atoms with Crippen LogP contribution in [0.25, 0.3) is 0 Å². The molecule has 0 radical (unpaired) electrons. The maximum Gasteiger partial charge on any atom is 0.255 e. The first-order chi connectivity index (χ1) is 12.5. The standard InChI is InChI=1S/C19H18BrN3O3/c20-13-9-22(10-13)8-2-4-12-3-1-5-14-15(12)11-23(19(14)26)16-6-7-17(24)21-18(16)25/h1,3,5,13,16H,6-11H2,(H,21,24,25). The number of benzene rings is 1. The molecule has 7 heteroatoms. The zero-order valence-corrected chi connectivity index (χ0v) is 15.7. The zero-order chi connectivity index (χ0) is 18.3. The number of amides is 3. The number of piperidine rings is 1. The number of hydrogen-bond acceptors (Lipinski definition) is 4. The highest BCUT2D eigenvalue weighted by molar-refractivity contribution is 9.09. The molecule has 134 valence electrons. The quantitative estimate of drug-likeness (QED) is 0.442. The van der Waals surface area contributed by atoms with E-state index in [0.29, 0.717) is 29.9 Å². The summed E-state index contributed by atoms with van der Waals surface area (Å²) in [6, 6.07) is 4.92. The highest BCUT2D eigenvalue weighted by Crippen LogP contribution is 2.29. The average Bonchev–Trinajstić information content (AvgIpc) is 2.91. The van der Waals surface area contributed by atoms with Crippen LogP contribution in [0.5, 0.6) is 0 Å². The fourth-order valence-electron chi connectivity index (χ4n) is 3.59. The van der Waals surface area contributed by atoms with E-state index in [4.69, 9.17) is 0 Å². The number of halogens is 1. The van der Waals surface area contributed by atoms with E-state index in [1.807, 2.05) is 12.1 Å². The number of likely N-dealkylation sites (tertiary alicyclic amines) is 1. The Balaban J connectivity index is 1.52. The van der Waals surface area contributed by atoms with Gasteiger partial charge in [0.05, 0.1) is 6.54 Å². The van der Waals surface area contributed by atoms with E-state index in [1.165, 1.54) is 0 Å². The third kappa shape index (κ3) is 3.15. The van der Waals surface area contributed by atoms with Crippen molar-refractivity contribution in [1.29, 1.82) is 0 Å². The van der Waals surface area contributed by atoms with E-state index in [-0.39, 0.29) is 18.2 Å². The summed E-state index contributed by atoms with van der Waals surface area (Å²) in [6.07, 6.45) is 0.627. The maximum atomic E-state index is 12.7. The minimum absolute atomic E-state index is 0.164. The van der Waals surface area contributed by atoms with Gasteiger partial charge in [0.1, 0.15) is 6.04 Å². The first-order valence-electron chi connectivity index (χ1n) is 8.65. The van der Waals surface area contributed by atoms with Crippen molar-refractivity contribution in [2.24, 2.45) is 0 Å². The number of hydrogen-bond donors (Lipinski definition) is 1. The lowest BCUT2D eigenvalue weighted by atomic mass is 10.0. The summed E-state index contributed by atoms with van der Waals surface area (Å²) in [5.41, 5.74) is 2.31. The van der Waals surface area contributed by atoms with Crippen LogP contribution in [0.1, 0.15) is 34.3 Å². The van der Waals surface area contributed by atoms with Gasteiger partial charge in [-0.05, 0) is 24.1 Å². The van der Waals surface area contributed by atoms with Gasteiger partial charge in [-0.25, -0.2) is 0 Å². The largest absolute Gasteiger partial charge is 0.322 e. The lowest BCUT2D eigenvalue weighted by Gasteiger charge is -2.33. The second-order valence-corrected chi connectivity index (χ2v) is 8.12. The van der Waals surface area contributed by atoms with E-state index in [0.717, 1.165) is 24.2 Å². The van der Waals surface area contributed by atoms with Crippen LogP contribution < -0.4 is 5.32 Å². The summed E-state index contributed by atoms with van der Waals surface area (Å²) in [4.78, 5) is 40.6. The van der Waals surface area contributed by atoms with Crippen LogP contribution in [0.4, 0.5) is 0 Å². The molecule has 1 N–H and O–H groups in total. The van der Waals surface area contributed by atoms with E-state index < -0.39 is 11.9 Å². The number of carbonyl (C=O) groups is 3. The summed E-state index contributed by atoms with van der Waals surface area (Å²) < 4.78 is 0. The van der Waals surface area contributed by atoms with Crippen LogP contribution in [0.15, 0.2) is 18.2 Å². The topological polar surface area (TPSA) is 69.7 Å². The van der Waals surface area contributed by atoms with Crippen LogP contribution in [0.2, 0.25) is 0 Å². The van der Waals surface area contributed by atoms with E-state index in [1.54, 1.807) is 11.0 Å². The fourth-order valence-corrected chi connectivity index (χ4v) is 4.40. The van der Waals surface area contributed by atoms with Crippen LogP contribution in [-0.4, -0.2) is 58.0 Å². The van der Waals surface area contributed by atoms with E-state index in [9.17, 15) is 14.4 Å². The van der Waals surface area contributed by atoms with Crippen molar-refractivity contribution in [2.75, 3.05) is 19.6 Å². The first kappa shape index (κ1) is 17.3. The molecule has 2 fully saturated rings. The number of alkyl halides is 1. The van der Waals surface area contributed by atoms with Crippen molar-refractivity contribution in [2.45, 2.75) is 30.3 Å². The molecule has 26 heavy (non-hydrogen) atoms. The predicted octanol–water partition coefficient (Wildman–Crippen LogP) is 0.878. The van der Waals surface area contributed by atoms with Crippen molar-refractivity contribution in [3.05, 3.63) is 34.9 Å². The lowest BCUT2D eigenvalue weighted by molar-refractivity contribution is -0.136. The van der Waals surface area contributed by atoms with Crippen molar-refractivity contribution >= 4 is 33.7 Å². The molecule has 3 heterocycles. The summed E-state index contributed by atoms with van der Waals surface area (Å²) in [5, 5.41) is 2.32. The summed E-state index contributed by atoms with van der Waals surface area (Å²) in [6.45, 7) is 3.07. The molecule has 1 atom stereocenters. The SMILES string of the molecule is O=C1CCC(N2Cc3c(C#CCN4CC(Br)C4)cccc3C2=O)C(=O)N1. The second-order valence-electron chi connectivity index (χ2n) is 6.82. The van der Waals surface area contributed by atoms with Crippen molar-refractivity contribution in [3.8, 4) is 11.8 Å². The molecule has 3 aliphatic rings. The van der Waals surface area contributed by atoms with Crippen LogP contribution in [0.3, 0.4) is 0 Å². The molecule has 0 aliphatic carbocycles. The highest BCUT2D eigenvalue weighted by atomic mass is 79.9. The Labute approximate surface area is 160 Å². The molecule has 6 nitrogen and oxygen atoms in total. The van der Waals surface area contributed by atoms with Gasteiger partial charge in [0.15, 0.2) is 0 Å². The Morgan fingerprint density at radius 1 is 1.23 bits per heavy atom. The normalized spacial score (nSPS) is 23.2. The molecule has 1 unspecified atom stereocenters. The molecular weight excluding hydrogens is 398 g/mol. The lowest BCUT2D eigenvalue weighted by Crippen LogP contribution is -2.52. The van der Waals surface area contributed by atoms with Gasteiger partial charge in [-0.15, -0.1) is 0 Å². The van der Waals surface area contributed by atoms with Gasteiger partial charge in [-0.1, -0.05) is 33.8 Å². The third-order valence-corrected chi connectivity index (χ3v) is 5.60. The number of fused-ring (bicyclic) bond motifs is 1. The second kappa shape index (κ2) is 6.86. The Morgan fingerprint density at radius 3 is 2.77 bits per heavy atom. The zero-order valence-electron chi connectivity index (χ0n) is 14.1. The maximum absolute atomic E-state index is 12.7. The molecule has 0 aromatic heterocycles. The average molecular weight is 416 g/mol. The van der Waals surface area contributed by atoms with Gasteiger partial charge in [-0.3, -0.25) is 24.6 Å². The first-order valence-corrected chi connectivity index (χ1v) is 9.56. The molecule has 1 aromatic carbocycles. The van der Waals surface area contributed by atoms with Gasteiger partial charge in [0.2, 0.25) is 11.8 Å². The van der Waals surface area contributed by atoms with Crippen molar-refractivity contribution in [1.82, 2.24) is 15.1 Å². The summed E-state index contributed by atoms with van der Waals surface area (Å²) in [7, 11) is 0. The van der Waals surface area contributed by atoms with Gasteiger partial charge in [0.25, 0.3) is 5.91 Å². The number of imide groups is 1. The Morgan fingerprint density at radius 2 is 2.04 bits per heavy atom. The van der Waals surface area contributed by atoms with Crippen molar-refractivity contribution < 1.29 is 14.4 Å². The van der Waals surface area contributed by atoms with Crippen molar-refractivity contribution in [3.63, 3.8) is 0 Å².